The maximum absolute atomic E-state index is 5.36. The molecular formula is C19H20O2. The Morgan fingerprint density at radius 1 is 0.857 bits per heavy atom. The predicted molar refractivity (Wildman–Crippen MR) is 86.1 cm³/mol. The summed E-state index contributed by atoms with van der Waals surface area (Å²) >= 11 is 0. The molecule has 0 bridgehead atoms. The van der Waals surface area contributed by atoms with Crippen molar-refractivity contribution in [3.63, 3.8) is 0 Å². The van der Waals surface area contributed by atoms with E-state index in [1.54, 1.807) is 14.2 Å². The van der Waals surface area contributed by atoms with Gasteiger partial charge in [0, 0.05) is 5.92 Å². The molecule has 1 unspecified atom stereocenters. The summed E-state index contributed by atoms with van der Waals surface area (Å²) in [5.41, 5.74) is 6.64. The smallest absolute Gasteiger partial charge is 0.119 e. The van der Waals surface area contributed by atoms with Gasteiger partial charge in [-0.05, 0) is 53.5 Å². The fraction of sp³-hybridized carbons (Fsp3) is 0.263. The monoisotopic (exact) mass is 280 g/mol. The third-order valence-electron chi connectivity index (χ3n) is 4.42. The molecule has 108 valence electrons. The molecule has 2 heteroatoms. The van der Waals surface area contributed by atoms with Gasteiger partial charge in [-0.1, -0.05) is 30.7 Å². The fourth-order valence-corrected chi connectivity index (χ4v) is 3.06. The molecular weight excluding hydrogens is 260 g/mol. The normalized spacial score (nSPS) is 16.9. The van der Waals surface area contributed by atoms with E-state index in [9.17, 15) is 0 Å². The highest BCUT2D eigenvalue weighted by Crippen LogP contribution is 2.45. The van der Waals surface area contributed by atoms with Gasteiger partial charge in [0.1, 0.15) is 11.5 Å². The first-order chi connectivity index (χ1) is 10.2. The molecule has 0 aliphatic heterocycles. The van der Waals surface area contributed by atoms with Crippen LogP contribution in [0.25, 0.3) is 5.57 Å². The van der Waals surface area contributed by atoms with Gasteiger partial charge in [-0.3, -0.25) is 0 Å². The maximum Gasteiger partial charge on any atom is 0.119 e. The van der Waals surface area contributed by atoms with Crippen molar-refractivity contribution in [3.8, 4) is 11.5 Å². The minimum Gasteiger partial charge on any atom is -0.497 e. The lowest BCUT2D eigenvalue weighted by molar-refractivity contribution is 0.414. The van der Waals surface area contributed by atoms with Crippen molar-refractivity contribution in [3.05, 3.63) is 64.7 Å². The molecule has 1 aliphatic rings. The lowest BCUT2D eigenvalue weighted by Crippen LogP contribution is -1.92. The van der Waals surface area contributed by atoms with E-state index in [0.29, 0.717) is 5.92 Å². The Morgan fingerprint density at radius 3 is 2.10 bits per heavy atom. The van der Waals surface area contributed by atoms with E-state index >= 15 is 0 Å². The van der Waals surface area contributed by atoms with Gasteiger partial charge < -0.3 is 9.47 Å². The molecule has 0 heterocycles. The summed E-state index contributed by atoms with van der Waals surface area (Å²) in [7, 11) is 3.41. The fourth-order valence-electron chi connectivity index (χ4n) is 3.06. The van der Waals surface area contributed by atoms with E-state index in [0.717, 1.165) is 11.5 Å². The van der Waals surface area contributed by atoms with Crippen LogP contribution in [0.4, 0.5) is 0 Å². The van der Waals surface area contributed by atoms with Crippen molar-refractivity contribution < 1.29 is 9.47 Å². The summed E-state index contributed by atoms with van der Waals surface area (Å²) in [6.07, 6.45) is 0. The molecule has 0 N–H and O–H groups in total. The van der Waals surface area contributed by atoms with Crippen LogP contribution >= 0.6 is 0 Å². The largest absolute Gasteiger partial charge is 0.497 e. The zero-order valence-electron chi connectivity index (χ0n) is 12.9. The van der Waals surface area contributed by atoms with Crippen LogP contribution in [0, 0.1) is 0 Å². The second-order valence-corrected chi connectivity index (χ2v) is 5.46. The van der Waals surface area contributed by atoms with Crippen LogP contribution in [-0.4, -0.2) is 14.2 Å². The average molecular weight is 280 g/mol. The summed E-state index contributed by atoms with van der Waals surface area (Å²) in [5, 5.41) is 0. The van der Waals surface area contributed by atoms with Gasteiger partial charge in [-0.2, -0.15) is 0 Å². The van der Waals surface area contributed by atoms with E-state index in [2.05, 4.69) is 38.1 Å². The Kier molecular flexibility index (Phi) is 3.46. The number of hydrogen-bond donors (Lipinski definition) is 0. The van der Waals surface area contributed by atoms with Crippen molar-refractivity contribution in [1.82, 2.24) is 0 Å². The van der Waals surface area contributed by atoms with E-state index in [4.69, 9.17) is 9.47 Å². The van der Waals surface area contributed by atoms with Crippen molar-refractivity contribution in [1.29, 1.82) is 0 Å². The van der Waals surface area contributed by atoms with Crippen molar-refractivity contribution in [2.45, 2.75) is 19.8 Å². The molecule has 0 saturated carbocycles. The molecule has 21 heavy (non-hydrogen) atoms. The number of benzene rings is 2. The Hall–Kier alpha value is -2.22. The second-order valence-electron chi connectivity index (χ2n) is 5.46. The van der Waals surface area contributed by atoms with Crippen LogP contribution in [0.3, 0.4) is 0 Å². The summed E-state index contributed by atoms with van der Waals surface area (Å²) in [6.45, 7) is 4.47. The third-order valence-corrected chi connectivity index (χ3v) is 4.42. The lowest BCUT2D eigenvalue weighted by atomic mass is 9.98. The number of methoxy groups -OCH3 is 2. The first-order valence-electron chi connectivity index (χ1n) is 7.19. The van der Waals surface area contributed by atoms with Crippen molar-refractivity contribution in [2.24, 2.45) is 0 Å². The molecule has 0 radical (unpaired) electrons. The molecule has 2 aromatic rings. The maximum atomic E-state index is 5.36. The van der Waals surface area contributed by atoms with Crippen LogP contribution < -0.4 is 9.47 Å². The summed E-state index contributed by atoms with van der Waals surface area (Å²) in [4.78, 5) is 0. The molecule has 1 atom stereocenters. The standard InChI is InChI=1S/C19H20O2/c1-12-13(2)19(14-5-7-15(20-3)8-6-14)17-10-9-16(21-4)11-18(12)17/h5-12H,1-4H3. The first kappa shape index (κ1) is 13.7. The lowest BCUT2D eigenvalue weighted by Gasteiger charge is -2.09. The van der Waals surface area contributed by atoms with Crippen LogP contribution in [0.1, 0.15) is 36.5 Å². The minimum absolute atomic E-state index is 0.423. The van der Waals surface area contributed by atoms with Gasteiger partial charge in [-0.25, -0.2) is 0 Å². The molecule has 2 aromatic carbocycles. The summed E-state index contributed by atoms with van der Waals surface area (Å²) < 4.78 is 10.6. The van der Waals surface area contributed by atoms with Gasteiger partial charge in [0.15, 0.2) is 0 Å². The Balaban J connectivity index is 2.10. The van der Waals surface area contributed by atoms with E-state index in [-0.39, 0.29) is 0 Å². The first-order valence-corrected chi connectivity index (χ1v) is 7.19. The molecule has 0 amide bonds. The van der Waals surface area contributed by atoms with Gasteiger partial charge in [-0.15, -0.1) is 0 Å². The van der Waals surface area contributed by atoms with Crippen LogP contribution in [0.2, 0.25) is 0 Å². The third kappa shape index (κ3) is 2.21. The van der Waals surface area contributed by atoms with Gasteiger partial charge in [0.05, 0.1) is 14.2 Å². The minimum atomic E-state index is 0.423. The molecule has 0 aromatic heterocycles. The highest BCUT2D eigenvalue weighted by Gasteiger charge is 2.26. The zero-order valence-corrected chi connectivity index (χ0v) is 12.9. The van der Waals surface area contributed by atoms with Gasteiger partial charge >= 0.3 is 0 Å². The molecule has 1 aliphatic carbocycles. The number of rotatable bonds is 3. The molecule has 2 nitrogen and oxygen atoms in total. The van der Waals surface area contributed by atoms with Crippen LogP contribution in [0.15, 0.2) is 48.0 Å². The van der Waals surface area contributed by atoms with E-state index in [1.165, 1.54) is 27.8 Å². The molecule has 3 rings (SSSR count). The van der Waals surface area contributed by atoms with E-state index < -0.39 is 0 Å². The average Bonchev–Trinajstić information content (AvgIpc) is 2.78. The number of hydrogen-bond acceptors (Lipinski definition) is 2. The molecule has 0 spiro atoms. The SMILES string of the molecule is COc1ccc(C2=C(C)C(C)c3cc(OC)ccc32)cc1. The van der Waals surface area contributed by atoms with Gasteiger partial charge in [0.2, 0.25) is 0 Å². The van der Waals surface area contributed by atoms with Crippen LogP contribution in [-0.2, 0) is 0 Å². The Morgan fingerprint density at radius 2 is 1.48 bits per heavy atom. The molecule has 0 fully saturated rings. The van der Waals surface area contributed by atoms with Crippen molar-refractivity contribution >= 4 is 5.57 Å². The zero-order chi connectivity index (χ0) is 15.0. The molecule has 0 saturated heterocycles. The van der Waals surface area contributed by atoms with E-state index in [1.807, 2.05) is 18.2 Å². The summed E-state index contributed by atoms with van der Waals surface area (Å²) in [5.74, 6) is 2.23. The van der Waals surface area contributed by atoms with Gasteiger partial charge in [0.25, 0.3) is 0 Å². The number of fused-ring (bicyclic) bond motifs is 1. The topological polar surface area (TPSA) is 18.5 Å². The predicted octanol–water partition coefficient (Wildman–Crippen LogP) is 4.64. The Labute approximate surface area is 126 Å². The summed E-state index contributed by atoms with van der Waals surface area (Å²) in [6, 6.07) is 14.6. The second kappa shape index (κ2) is 5.28. The number of allylic oxidation sites excluding steroid dienone is 1. The number of ether oxygens (including phenoxy) is 2. The quantitative estimate of drug-likeness (QED) is 0.815. The Bertz CT molecular complexity index is 696. The van der Waals surface area contributed by atoms with Crippen LogP contribution in [0.5, 0.6) is 11.5 Å². The highest BCUT2D eigenvalue weighted by atomic mass is 16.5. The highest BCUT2D eigenvalue weighted by molar-refractivity contribution is 5.88. The van der Waals surface area contributed by atoms with Crippen molar-refractivity contribution in [2.75, 3.05) is 14.2 Å².